The zero-order chi connectivity index (χ0) is 58.8. The van der Waals surface area contributed by atoms with Crippen molar-refractivity contribution in [3.63, 3.8) is 0 Å². The molecule has 0 saturated heterocycles. The maximum atomic E-state index is 5.54. The molecule has 6 heterocycles. The summed E-state index contributed by atoms with van der Waals surface area (Å²) < 4.78 is 0. The van der Waals surface area contributed by atoms with Gasteiger partial charge in [0.1, 0.15) is 10.0 Å². The molecule has 472 valence electrons. The van der Waals surface area contributed by atoms with Crippen molar-refractivity contribution in [3.05, 3.63) is 57.3 Å². The average Bonchev–Trinajstić information content (AvgIpc) is 4.17. The van der Waals surface area contributed by atoms with Crippen LogP contribution in [0.3, 0.4) is 0 Å². The summed E-state index contributed by atoms with van der Waals surface area (Å²) in [6.07, 6.45) is 71.8. The fraction of sp³-hybridized carbons (Fsp3) is 0.737. The number of hydrogen-bond acceptors (Lipinski definition) is 8. The Morgan fingerprint density at radius 3 is 0.726 bits per heavy atom. The predicted molar refractivity (Wildman–Crippen MR) is 388 cm³/mol. The van der Waals surface area contributed by atoms with Gasteiger partial charge in [-0.05, 0) is 109 Å². The van der Waals surface area contributed by atoms with Crippen molar-refractivity contribution in [2.45, 2.75) is 362 Å². The Morgan fingerprint density at radius 2 is 0.476 bits per heavy atom. The number of thiophene rings is 4. The van der Waals surface area contributed by atoms with Gasteiger partial charge in [0, 0.05) is 19.5 Å². The SMILES string of the molecule is CCCCCCCCCCCCCCc1ccsc1-c1cc(CCCCCCCCCCCCCC)c(-c2nc3sc(-c4sc(-c5sccc5CCCCCCCCCCCCCC)cc4CCCCCCCCCCCCCC)nc3s2)s1. The van der Waals surface area contributed by atoms with Gasteiger partial charge in [-0.2, -0.15) is 0 Å². The first-order chi connectivity index (χ1) is 41.6. The summed E-state index contributed by atoms with van der Waals surface area (Å²) in [7, 11) is 0. The quantitative estimate of drug-likeness (QED) is 0.0356. The van der Waals surface area contributed by atoms with E-state index in [9.17, 15) is 0 Å². The van der Waals surface area contributed by atoms with Gasteiger partial charge in [-0.1, -0.05) is 333 Å². The molecule has 0 bridgehead atoms. The van der Waals surface area contributed by atoms with E-state index in [2.05, 4.69) is 62.7 Å². The maximum Gasteiger partial charge on any atom is 0.155 e. The number of thiazole rings is 2. The van der Waals surface area contributed by atoms with Gasteiger partial charge in [-0.3, -0.25) is 0 Å². The number of unbranched alkanes of at least 4 members (excludes halogenated alkanes) is 44. The lowest BCUT2D eigenvalue weighted by molar-refractivity contribution is 0.544. The Balaban J connectivity index is 1.10. The van der Waals surface area contributed by atoms with Crippen LogP contribution in [0.25, 0.3) is 48.9 Å². The third kappa shape index (κ3) is 28.0. The molecule has 0 radical (unpaired) electrons. The van der Waals surface area contributed by atoms with Crippen LogP contribution in [0.4, 0.5) is 0 Å². The van der Waals surface area contributed by atoms with Crippen molar-refractivity contribution in [2.24, 2.45) is 0 Å². The third-order valence-corrected chi connectivity index (χ3v) is 25.1. The second-order valence-electron chi connectivity index (χ2n) is 25.7. The van der Waals surface area contributed by atoms with E-state index in [1.54, 1.807) is 11.1 Å². The predicted octanol–water partition coefficient (Wildman–Crippen LogP) is 29.6. The minimum Gasteiger partial charge on any atom is -0.222 e. The van der Waals surface area contributed by atoms with Gasteiger partial charge in [-0.15, -0.1) is 45.3 Å². The molecule has 0 N–H and O–H groups in total. The van der Waals surface area contributed by atoms with Crippen LogP contribution in [-0.2, 0) is 25.7 Å². The number of aryl methyl sites for hydroxylation is 4. The largest absolute Gasteiger partial charge is 0.222 e. The summed E-state index contributed by atoms with van der Waals surface area (Å²) in [6.45, 7) is 9.28. The van der Waals surface area contributed by atoms with Gasteiger partial charge in [0.2, 0.25) is 0 Å². The van der Waals surface area contributed by atoms with E-state index in [0.717, 1.165) is 22.5 Å². The first kappa shape index (κ1) is 71.4. The Kier molecular flexibility index (Phi) is 39.4. The molecule has 0 aliphatic rings. The minimum absolute atomic E-state index is 1.13. The molecule has 0 saturated carbocycles. The second-order valence-corrected chi connectivity index (χ2v) is 31.6. The Labute approximate surface area is 541 Å². The smallest absolute Gasteiger partial charge is 0.155 e. The molecular weight excluding hydrogens is 1130 g/mol. The third-order valence-electron chi connectivity index (χ3n) is 18.1. The first-order valence-electron chi connectivity index (χ1n) is 36.3. The van der Waals surface area contributed by atoms with E-state index >= 15 is 0 Å². The molecule has 6 rings (SSSR count). The van der Waals surface area contributed by atoms with Crippen molar-refractivity contribution in [1.82, 2.24) is 9.97 Å². The average molecular weight is 1260 g/mol. The highest BCUT2D eigenvalue weighted by molar-refractivity contribution is 7.33. The summed E-state index contributed by atoms with van der Waals surface area (Å²) in [6, 6.07) is 10.1. The van der Waals surface area contributed by atoms with Crippen LogP contribution in [0.1, 0.15) is 358 Å². The summed E-state index contributed by atoms with van der Waals surface area (Å²) in [4.78, 5) is 22.2. The van der Waals surface area contributed by atoms with E-state index in [4.69, 9.17) is 9.97 Å². The van der Waals surface area contributed by atoms with Crippen LogP contribution < -0.4 is 0 Å². The molecule has 8 heteroatoms. The zero-order valence-electron chi connectivity index (χ0n) is 54.6. The highest BCUT2D eigenvalue weighted by atomic mass is 32.1. The number of fused-ring (bicyclic) bond motifs is 1. The monoisotopic (exact) mass is 1250 g/mol. The molecule has 84 heavy (non-hydrogen) atoms. The maximum absolute atomic E-state index is 5.54. The number of rotatable bonds is 56. The topological polar surface area (TPSA) is 25.8 Å². The Morgan fingerprint density at radius 1 is 0.250 bits per heavy atom. The molecule has 6 aromatic heterocycles. The van der Waals surface area contributed by atoms with Crippen molar-refractivity contribution in [3.8, 4) is 39.3 Å². The van der Waals surface area contributed by atoms with E-state index in [1.165, 1.54) is 371 Å². The van der Waals surface area contributed by atoms with E-state index in [0.29, 0.717) is 0 Å². The molecular formula is C76H122N2S6. The van der Waals surface area contributed by atoms with Crippen molar-refractivity contribution < 1.29 is 0 Å². The number of nitrogens with zero attached hydrogens (tertiary/aromatic N) is 2. The van der Waals surface area contributed by atoms with E-state index in [1.807, 2.05) is 68.0 Å². The van der Waals surface area contributed by atoms with Crippen LogP contribution in [-0.4, -0.2) is 9.97 Å². The van der Waals surface area contributed by atoms with Crippen molar-refractivity contribution in [1.29, 1.82) is 0 Å². The van der Waals surface area contributed by atoms with Crippen molar-refractivity contribution >= 4 is 77.7 Å². The van der Waals surface area contributed by atoms with Gasteiger partial charge in [0.15, 0.2) is 9.66 Å². The lowest BCUT2D eigenvalue weighted by Gasteiger charge is -2.04. The van der Waals surface area contributed by atoms with Crippen LogP contribution in [0.2, 0.25) is 0 Å². The lowest BCUT2D eigenvalue weighted by Crippen LogP contribution is -1.88. The Bertz CT molecular complexity index is 2290. The molecule has 2 nitrogen and oxygen atoms in total. The fourth-order valence-electron chi connectivity index (χ4n) is 12.8. The summed E-state index contributed by atoms with van der Waals surface area (Å²) >= 11 is 11.7. The summed E-state index contributed by atoms with van der Waals surface area (Å²) in [5.41, 5.74) is 6.18. The van der Waals surface area contributed by atoms with Gasteiger partial charge in [0.25, 0.3) is 0 Å². The van der Waals surface area contributed by atoms with E-state index in [-0.39, 0.29) is 0 Å². The molecule has 6 aromatic rings. The number of hydrogen-bond donors (Lipinski definition) is 0. The molecule has 0 unspecified atom stereocenters. The molecule has 0 aromatic carbocycles. The molecule has 0 fully saturated rings. The fourth-order valence-corrected chi connectivity index (χ4v) is 19.7. The lowest BCUT2D eigenvalue weighted by atomic mass is 10.0. The standard InChI is InChI=1S/C76H122N2S6/c1-5-9-13-17-21-25-29-33-37-41-45-49-53-63-57-59-79-69(63)67-61-65(55-51-47-43-39-35-31-27-23-19-15-11-7-3)71(81-67)73-77-75-76(83-73)78-74(84-75)72-66(56-52-48-44-40-36-32-28-24-20-16-12-8-4)62-68(82-72)70-64(58-60-80-70)54-50-46-42-38-34-30-26-22-18-14-10-6-2/h57-62H,5-56H2,1-4H3. The van der Waals surface area contributed by atoms with Crippen LogP contribution >= 0.6 is 68.0 Å². The minimum atomic E-state index is 1.13. The van der Waals surface area contributed by atoms with Crippen LogP contribution in [0, 0.1) is 0 Å². The van der Waals surface area contributed by atoms with Gasteiger partial charge in [0.05, 0.1) is 9.75 Å². The normalized spacial score (nSPS) is 11.9. The molecule has 0 atom stereocenters. The molecule has 0 aliphatic carbocycles. The van der Waals surface area contributed by atoms with Gasteiger partial charge >= 0.3 is 0 Å². The van der Waals surface area contributed by atoms with Gasteiger partial charge in [-0.25, -0.2) is 9.97 Å². The highest BCUT2D eigenvalue weighted by Crippen LogP contribution is 2.48. The van der Waals surface area contributed by atoms with Gasteiger partial charge < -0.3 is 0 Å². The highest BCUT2D eigenvalue weighted by Gasteiger charge is 2.23. The van der Waals surface area contributed by atoms with Crippen LogP contribution in [0.15, 0.2) is 35.0 Å². The summed E-state index contributed by atoms with van der Waals surface area (Å²) in [5, 5.41) is 7.12. The number of aromatic nitrogens is 2. The van der Waals surface area contributed by atoms with Crippen LogP contribution in [0.5, 0.6) is 0 Å². The molecule has 0 amide bonds. The molecule has 0 spiro atoms. The summed E-state index contributed by atoms with van der Waals surface area (Å²) in [5.74, 6) is 0. The first-order valence-corrected chi connectivity index (χ1v) is 41.3. The molecule has 0 aliphatic heterocycles. The van der Waals surface area contributed by atoms with Crippen molar-refractivity contribution in [2.75, 3.05) is 0 Å². The Hall–Kier alpha value is -1.68. The van der Waals surface area contributed by atoms with E-state index < -0.39 is 0 Å². The second kappa shape index (κ2) is 46.4. The zero-order valence-corrected chi connectivity index (χ0v) is 59.5.